The van der Waals surface area contributed by atoms with Gasteiger partial charge in [-0.3, -0.25) is 28.8 Å². The van der Waals surface area contributed by atoms with Crippen LogP contribution in [0.2, 0.25) is 0 Å². The number of esters is 6. The molecule has 41 heavy (non-hydrogen) atoms. The van der Waals surface area contributed by atoms with Crippen LogP contribution < -0.4 is 0 Å². The number of carbonyl (C=O) groups is 6. The Hall–Kier alpha value is -3.38. The molecular weight excluding hydrogens is 560 g/mol. The molecule has 0 spiro atoms. The lowest BCUT2D eigenvalue weighted by Crippen LogP contribution is -2.66. The van der Waals surface area contributed by atoms with Crippen molar-refractivity contribution in [3.8, 4) is 0 Å². The van der Waals surface area contributed by atoms with Crippen LogP contribution in [0.25, 0.3) is 0 Å². The second-order valence-electron chi connectivity index (χ2n) is 9.10. The van der Waals surface area contributed by atoms with Crippen molar-refractivity contribution < 1.29 is 81.6 Å². The van der Waals surface area contributed by atoms with Crippen LogP contribution in [0.1, 0.15) is 41.5 Å². The van der Waals surface area contributed by atoms with E-state index in [1.54, 1.807) is 0 Å². The SMILES string of the molecule is CC(=O)OC[C@H]1O[C@H](O[C@@H]2[C@@H](OC(C)=O)[C@H](O)O[C@H](COC(C)=O)[C@H]2OC(C)=O)[C@H](OC(C)=O)[C@@H](O)[C@@H]1OC(C)=O. The van der Waals surface area contributed by atoms with Gasteiger partial charge in [0.1, 0.15) is 37.6 Å². The third-order valence-electron chi connectivity index (χ3n) is 5.63. The normalized spacial score (nSPS) is 33.1. The molecule has 2 aliphatic rings. The fraction of sp³-hybridized carbons (Fsp3) is 0.750. The molecule has 0 radical (unpaired) electrons. The second kappa shape index (κ2) is 15.0. The molecule has 2 N–H and O–H groups in total. The molecule has 2 saturated heterocycles. The average Bonchev–Trinajstić information content (AvgIpc) is 2.83. The van der Waals surface area contributed by atoms with Crippen LogP contribution in [0.4, 0.5) is 0 Å². The molecule has 2 heterocycles. The molecule has 10 atom stereocenters. The largest absolute Gasteiger partial charge is 0.463 e. The number of hydrogen-bond acceptors (Lipinski definition) is 17. The van der Waals surface area contributed by atoms with Crippen molar-refractivity contribution in [3.05, 3.63) is 0 Å². The van der Waals surface area contributed by atoms with Crippen molar-refractivity contribution in [1.82, 2.24) is 0 Å². The summed E-state index contributed by atoms with van der Waals surface area (Å²) < 4.78 is 47.9. The van der Waals surface area contributed by atoms with Crippen molar-refractivity contribution >= 4 is 35.8 Å². The number of rotatable bonds is 10. The standard InChI is InChI=1S/C24H34O17/c1-9(25)33-7-15-18(35-11(3)27)17(31)20(37-13(5)29)24(40-15)41-21-19(36-12(4)28)16(8-34-10(2)26)39-23(32)22(21)38-14(6)30/h15-24,31-32H,7-8H2,1-6H3/t15-,16-,17+,18-,19-,20-,21+,22-,23-,24-/m1/s1. The third-order valence-corrected chi connectivity index (χ3v) is 5.63. The molecule has 0 aromatic rings. The smallest absolute Gasteiger partial charge is 0.303 e. The van der Waals surface area contributed by atoms with Gasteiger partial charge in [0.05, 0.1) is 0 Å². The first kappa shape index (κ1) is 33.8. The Bertz CT molecular complexity index is 979. The molecule has 0 aliphatic carbocycles. The Labute approximate surface area is 234 Å². The van der Waals surface area contributed by atoms with Gasteiger partial charge in [0.25, 0.3) is 0 Å². The van der Waals surface area contributed by atoms with Crippen LogP contribution in [0, 0.1) is 0 Å². The van der Waals surface area contributed by atoms with Gasteiger partial charge in [-0.15, -0.1) is 0 Å². The lowest BCUT2D eigenvalue weighted by Gasteiger charge is -2.47. The van der Waals surface area contributed by atoms with E-state index in [1.165, 1.54) is 0 Å². The highest BCUT2D eigenvalue weighted by Crippen LogP contribution is 2.33. The minimum Gasteiger partial charge on any atom is -0.463 e. The first-order valence-electron chi connectivity index (χ1n) is 12.4. The van der Waals surface area contributed by atoms with E-state index in [-0.39, 0.29) is 0 Å². The van der Waals surface area contributed by atoms with Crippen molar-refractivity contribution in [3.63, 3.8) is 0 Å². The van der Waals surface area contributed by atoms with Crippen LogP contribution in [0.15, 0.2) is 0 Å². The maximum atomic E-state index is 12.0. The predicted molar refractivity (Wildman–Crippen MR) is 126 cm³/mol. The fourth-order valence-electron chi connectivity index (χ4n) is 4.18. The van der Waals surface area contributed by atoms with Crippen LogP contribution in [0.3, 0.4) is 0 Å². The van der Waals surface area contributed by atoms with E-state index in [0.717, 1.165) is 41.5 Å². The summed E-state index contributed by atoms with van der Waals surface area (Å²) >= 11 is 0. The molecule has 17 nitrogen and oxygen atoms in total. The molecular formula is C24H34O17. The average molecular weight is 595 g/mol. The van der Waals surface area contributed by atoms with E-state index in [4.69, 9.17) is 42.6 Å². The molecule has 232 valence electrons. The number of carbonyl (C=O) groups excluding carboxylic acids is 6. The summed E-state index contributed by atoms with van der Waals surface area (Å²) in [5, 5.41) is 21.7. The highest BCUT2D eigenvalue weighted by atomic mass is 16.8. The number of hydrogen-bond donors (Lipinski definition) is 2. The molecule has 0 unspecified atom stereocenters. The first-order valence-corrected chi connectivity index (χ1v) is 12.4. The molecule has 0 aromatic carbocycles. The lowest BCUT2D eigenvalue weighted by molar-refractivity contribution is -0.357. The van der Waals surface area contributed by atoms with Crippen molar-refractivity contribution in [2.24, 2.45) is 0 Å². The molecule has 0 amide bonds. The zero-order chi connectivity index (χ0) is 31.0. The summed E-state index contributed by atoms with van der Waals surface area (Å²) in [5.41, 5.74) is 0. The minimum atomic E-state index is -1.91. The summed E-state index contributed by atoms with van der Waals surface area (Å²) in [6.45, 7) is 5.19. The second-order valence-corrected chi connectivity index (χ2v) is 9.10. The maximum Gasteiger partial charge on any atom is 0.303 e. The Morgan fingerprint density at radius 1 is 0.537 bits per heavy atom. The Morgan fingerprint density at radius 2 is 0.951 bits per heavy atom. The van der Waals surface area contributed by atoms with Crippen molar-refractivity contribution in [2.75, 3.05) is 13.2 Å². The highest BCUT2D eigenvalue weighted by molar-refractivity contribution is 5.68. The fourth-order valence-corrected chi connectivity index (χ4v) is 4.18. The number of aliphatic hydroxyl groups excluding tert-OH is 2. The summed E-state index contributed by atoms with van der Waals surface area (Å²) in [6.07, 6.45) is -16.4. The summed E-state index contributed by atoms with van der Waals surface area (Å²) in [4.78, 5) is 70.4. The molecule has 0 aromatic heterocycles. The van der Waals surface area contributed by atoms with E-state index < -0.39 is 110 Å². The Balaban J connectivity index is 2.54. The summed E-state index contributed by atoms with van der Waals surface area (Å²) in [7, 11) is 0. The van der Waals surface area contributed by atoms with Crippen molar-refractivity contribution in [1.29, 1.82) is 0 Å². The van der Waals surface area contributed by atoms with E-state index >= 15 is 0 Å². The number of ether oxygens (including phenoxy) is 9. The Kier molecular flexibility index (Phi) is 12.4. The van der Waals surface area contributed by atoms with Gasteiger partial charge in [-0.25, -0.2) is 0 Å². The molecule has 17 heteroatoms. The van der Waals surface area contributed by atoms with Gasteiger partial charge in [0, 0.05) is 41.5 Å². The molecule has 0 bridgehead atoms. The van der Waals surface area contributed by atoms with Crippen LogP contribution in [-0.4, -0.2) is 121 Å². The number of aliphatic hydroxyl groups is 2. The molecule has 0 saturated carbocycles. The highest BCUT2D eigenvalue weighted by Gasteiger charge is 2.56. The topological polar surface area (TPSA) is 226 Å². The van der Waals surface area contributed by atoms with Gasteiger partial charge < -0.3 is 52.8 Å². The van der Waals surface area contributed by atoms with Gasteiger partial charge in [-0.05, 0) is 0 Å². The summed E-state index contributed by atoms with van der Waals surface area (Å²) in [6, 6.07) is 0. The third kappa shape index (κ3) is 9.89. The van der Waals surface area contributed by atoms with E-state index in [9.17, 15) is 39.0 Å². The molecule has 2 fully saturated rings. The zero-order valence-electron chi connectivity index (χ0n) is 23.2. The Morgan fingerprint density at radius 3 is 1.41 bits per heavy atom. The maximum absolute atomic E-state index is 12.0. The van der Waals surface area contributed by atoms with Gasteiger partial charge in [-0.2, -0.15) is 0 Å². The van der Waals surface area contributed by atoms with Gasteiger partial charge in [0.2, 0.25) is 0 Å². The minimum absolute atomic E-state index is 0.540. The summed E-state index contributed by atoms with van der Waals surface area (Å²) in [5.74, 6) is -5.02. The van der Waals surface area contributed by atoms with E-state index in [0.29, 0.717) is 0 Å². The van der Waals surface area contributed by atoms with Gasteiger partial charge in [0.15, 0.2) is 37.0 Å². The molecule has 2 aliphatic heterocycles. The van der Waals surface area contributed by atoms with E-state index in [1.807, 2.05) is 0 Å². The van der Waals surface area contributed by atoms with Crippen LogP contribution >= 0.6 is 0 Å². The molecule has 2 rings (SSSR count). The van der Waals surface area contributed by atoms with E-state index in [2.05, 4.69) is 0 Å². The van der Waals surface area contributed by atoms with Gasteiger partial charge in [-0.1, -0.05) is 0 Å². The lowest BCUT2D eigenvalue weighted by atomic mass is 9.96. The quantitative estimate of drug-likeness (QED) is 0.206. The van der Waals surface area contributed by atoms with Crippen LogP contribution in [-0.2, 0) is 71.4 Å². The van der Waals surface area contributed by atoms with Gasteiger partial charge >= 0.3 is 35.8 Å². The monoisotopic (exact) mass is 594 g/mol. The van der Waals surface area contributed by atoms with Crippen LogP contribution in [0.5, 0.6) is 0 Å². The zero-order valence-corrected chi connectivity index (χ0v) is 23.2. The first-order chi connectivity index (χ1) is 19.1. The van der Waals surface area contributed by atoms with Crippen molar-refractivity contribution in [2.45, 2.75) is 103 Å². The predicted octanol–water partition coefficient (Wildman–Crippen LogP) is -1.97.